The fraction of sp³-hybridized carbons (Fsp3) is 0.438. The Kier molecular flexibility index (Phi) is 5.53. The average Bonchev–Trinajstić information content (AvgIpc) is 2.80. The zero-order valence-electron chi connectivity index (χ0n) is 12.7. The van der Waals surface area contributed by atoms with Crippen LogP contribution in [0, 0.1) is 5.82 Å². The molecule has 5 heteroatoms. The van der Waals surface area contributed by atoms with Crippen molar-refractivity contribution in [1.82, 2.24) is 15.1 Å². The Balaban J connectivity index is 2.32. The van der Waals surface area contributed by atoms with Crippen molar-refractivity contribution < 1.29 is 4.39 Å². The number of halogens is 2. The van der Waals surface area contributed by atoms with Crippen molar-refractivity contribution in [2.75, 3.05) is 7.05 Å². The largest absolute Gasteiger partial charge is 0.313 e. The zero-order chi connectivity index (χ0) is 15.4. The van der Waals surface area contributed by atoms with Crippen molar-refractivity contribution in [3.8, 4) is 0 Å². The highest BCUT2D eigenvalue weighted by atomic mass is 79.9. The predicted molar refractivity (Wildman–Crippen MR) is 86.9 cm³/mol. The number of hydrogen-bond acceptors (Lipinski definition) is 2. The monoisotopic (exact) mass is 353 g/mol. The van der Waals surface area contributed by atoms with E-state index < -0.39 is 0 Å². The minimum absolute atomic E-state index is 0.0590. The molecule has 0 aliphatic carbocycles. The molecule has 0 spiro atoms. The van der Waals surface area contributed by atoms with Gasteiger partial charge in [0.05, 0.1) is 15.9 Å². The molecular formula is C16H21BrFN3. The summed E-state index contributed by atoms with van der Waals surface area (Å²) in [5.41, 5.74) is 3.17. The van der Waals surface area contributed by atoms with Crippen LogP contribution in [-0.2, 0) is 19.4 Å². The van der Waals surface area contributed by atoms with Gasteiger partial charge in [-0.25, -0.2) is 4.39 Å². The van der Waals surface area contributed by atoms with Gasteiger partial charge in [0.15, 0.2) is 0 Å². The van der Waals surface area contributed by atoms with Gasteiger partial charge in [-0.3, -0.25) is 4.68 Å². The topological polar surface area (TPSA) is 29.9 Å². The van der Waals surface area contributed by atoms with Crippen LogP contribution in [0.1, 0.15) is 36.8 Å². The second kappa shape index (κ2) is 7.18. The zero-order valence-corrected chi connectivity index (χ0v) is 14.2. The van der Waals surface area contributed by atoms with Gasteiger partial charge < -0.3 is 5.32 Å². The number of rotatable bonds is 6. The Bertz CT molecular complexity index is 610. The lowest BCUT2D eigenvalue weighted by atomic mass is 10.0. The van der Waals surface area contributed by atoms with Crippen molar-refractivity contribution in [2.45, 2.75) is 39.3 Å². The first-order chi connectivity index (χ1) is 10.1. The van der Waals surface area contributed by atoms with Crippen molar-refractivity contribution in [2.24, 2.45) is 0 Å². The van der Waals surface area contributed by atoms with E-state index >= 15 is 0 Å². The summed E-state index contributed by atoms with van der Waals surface area (Å²) in [6.07, 6.45) is 1.66. The molecule has 0 amide bonds. The van der Waals surface area contributed by atoms with Gasteiger partial charge in [0.1, 0.15) is 5.82 Å². The van der Waals surface area contributed by atoms with Gasteiger partial charge in [-0.05, 0) is 54.0 Å². The van der Waals surface area contributed by atoms with E-state index in [1.807, 2.05) is 17.8 Å². The second-order valence-corrected chi connectivity index (χ2v) is 5.77. The molecule has 0 bridgehead atoms. The van der Waals surface area contributed by atoms with Crippen molar-refractivity contribution in [3.05, 3.63) is 51.5 Å². The molecule has 21 heavy (non-hydrogen) atoms. The summed E-state index contributed by atoms with van der Waals surface area (Å²) < 4.78 is 16.5. The maximum Gasteiger partial charge on any atom is 0.123 e. The van der Waals surface area contributed by atoms with Gasteiger partial charge in [0, 0.05) is 19.0 Å². The molecule has 0 saturated carbocycles. The molecule has 1 aromatic carbocycles. The van der Waals surface area contributed by atoms with Crippen LogP contribution < -0.4 is 5.32 Å². The lowest BCUT2D eigenvalue weighted by Gasteiger charge is -2.18. The molecule has 114 valence electrons. The van der Waals surface area contributed by atoms with Crippen molar-refractivity contribution >= 4 is 15.9 Å². The van der Waals surface area contributed by atoms with Crippen LogP contribution in [0.4, 0.5) is 4.39 Å². The molecule has 3 nitrogen and oxygen atoms in total. The quantitative estimate of drug-likeness (QED) is 0.854. The molecule has 1 heterocycles. The first-order valence-corrected chi connectivity index (χ1v) is 8.06. The Morgan fingerprint density at radius 2 is 2.14 bits per heavy atom. The minimum Gasteiger partial charge on any atom is -0.313 e. The summed E-state index contributed by atoms with van der Waals surface area (Å²) in [6.45, 7) is 5.01. The summed E-state index contributed by atoms with van der Waals surface area (Å²) in [5, 5.41) is 7.88. The van der Waals surface area contributed by atoms with Crippen LogP contribution in [-0.4, -0.2) is 16.8 Å². The Hall–Kier alpha value is -1.20. The number of likely N-dealkylation sites (N-methyl/N-ethyl adjacent to an activating group) is 1. The van der Waals surface area contributed by atoms with Crippen LogP contribution >= 0.6 is 15.9 Å². The number of aryl methyl sites for hydroxylation is 2. The van der Waals surface area contributed by atoms with Gasteiger partial charge in [0.2, 0.25) is 0 Å². The molecule has 1 N–H and O–H groups in total. The Labute approximate surface area is 133 Å². The maximum absolute atomic E-state index is 13.4. The van der Waals surface area contributed by atoms with Crippen LogP contribution in [0.25, 0.3) is 0 Å². The van der Waals surface area contributed by atoms with Crippen LogP contribution in [0.15, 0.2) is 28.7 Å². The van der Waals surface area contributed by atoms with Crippen LogP contribution in [0.2, 0.25) is 0 Å². The van der Waals surface area contributed by atoms with Crippen LogP contribution in [0.3, 0.4) is 0 Å². The summed E-state index contributed by atoms with van der Waals surface area (Å²) >= 11 is 3.66. The first-order valence-electron chi connectivity index (χ1n) is 7.27. The molecule has 2 rings (SSSR count). The number of nitrogens with one attached hydrogen (secondary N) is 1. The molecule has 2 aromatic rings. The molecule has 0 aliphatic rings. The normalized spacial score (nSPS) is 12.6. The molecule has 1 unspecified atom stereocenters. The SMILES string of the molecule is CCc1nn(CC)c(CC(NC)c2cccc(F)c2)c1Br. The number of benzene rings is 1. The maximum atomic E-state index is 13.4. The fourth-order valence-electron chi connectivity index (χ4n) is 2.52. The Morgan fingerprint density at radius 3 is 2.71 bits per heavy atom. The first kappa shape index (κ1) is 16.2. The smallest absolute Gasteiger partial charge is 0.123 e. The van der Waals surface area contributed by atoms with Gasteiger partial charge in [0.25, 0.3) is 0 Å². The van der Waals surface area contributed by atoms with E-state index in [-0.39, 0.29) is 11.9 Å². The van der Waals surface area contributed by atoms with E-state index in [0.717, 1.165) is 40.8 Å². The van der Waals surface area contributed by atoms with E-state index in [1.165, 1.54) is 6.07 Å². The summed E-state index contributed by atoms with van der Waals surface area (Å²) in [7, 11) is 1.90. The second-order valence-electron chi connectivity index (χ2n) is 4.98. The molecule has 0 saturated heterocycles. The molecule has 1 atom stereocenters. The van der Waals surface area contributed by atoms with Crippen molar-refractivity contribution in [1.29, 1.82) is 0 Å². The third kappa shape index (κ3) is 3.52. The minimum atomic E-state index is -0.204. The average molecular weight is 354 g/mol. The molecular weight excluding hydrogens is 333 g/mol. The van der Waals surface area contributed by atoms with Gasteiger partial charge in [-0.1, -0.05) is 19.1 Å². The number of aromatic nitrogens is 2. The molecule has 0 aliphatic heterocycles. The standard InChI is InChI=1S/C16H21BrFN3/c1-4-13-16(17)15(21(5-2)20-13)10-14(19-3)11-7-6-8-12(18)9-11/h6-9,14,19H,4-5,10H2,1-3H3. The number of hydrogen-bond donors (Lipinski definition) is 1. The highest BCUT2D eigenvalue weighted by Gasteiger charge is 2.19. The van der Waals surface area contributed by atoms with E-state index in [0.29, 0.717) is 0 Å². The van der Waals surface area contributed by atoms with Gasteiger partial charge in [-0.2, -0.15) is 5.10 Å². The van der Waals surface area contributed by atoms with E-state index in [4.69, 9.17) is 0 Å². The lowest BCUT2D eigenvalue weighted by molar-refractivity contribution is 0.535. The van der Waals surface area contributed by atoms with Gasteiger partial charge >= 0.3 is 0 Å². The van der Waals surface area contributed by atoms with Crippen LogP contribution in [0.5, 0.6) is 0 Å². The third-order valence-corrected chi connectivity index (χ3v) is 4.61. The highest BCUT2D eigenvalue weighted by molar-refractivity contribution is 9.10. The summed E-state index contributed by atoms with van der Waals surface area (Å²) in [4.78, 5) is 0. The predicted octanol–water partition coefficient (Wildman–Crippen LogP) is 3.87. The summed E-state index contributed by atoms with van der Waals surface area (Å²) in [6, 6.07) is 6.81. The Morgan fingerprint density at radius 1 is 1.38 bits per heavy atom. The van der Waals surface area contributed by atoms with E-state index in [2.05, 4.69) is 40.2 Å². The molecule has 1 aromatic heterocycles. The van der Waals surface area contributed by atoms with E-state index in [1.54, 1.807) is 12.1 Å². The lowest BCUT2D eigenvalue weighted by Crippen LogP contribution is -2.21. The summed E-state index contributed by atoms with van der Waals surface area (Å²) in [5.74, 6) is -0.204. The molecule has 0 fully saturated rings. The highest BCUT2D eigenvalue weighted by Crippen LogP contribution is 2.27. The fourth-order valence-corrected chi connectivity index (χ4v) is 3.24. The van der Waals surface area contributed by atoms with Gasteiger partial charge in [-0.15, -0.1) is 0 Å². The van der Waals surface area contributed by atoms with Crippen molar-refractivity contribution in [3.63, 3.8) is 0 Å². The van der Waals surface area contributed by atoms with E-state index in [9.17, 15) is 4.39 Å². The third-order valence-electron chi connectivity index (χ3n) is 3.69. The molecule has 0 radical (unpaired) electrons. The number of nitrogens with zero attached hydrogens (tertiary/aromatic N) is 2.